The summed E-state index contributed by atoms with van der Waals surface area (Å²) in [7, 11) is 3.10. The number of likely N-dealkylation sites (tertiary alicyclic amines) is 1. The molecule has 1 unspecified atom stereocenters. The van der Waals surface area contributed by atoms with E-state index in [4.69, 9.17) is 5.73 Å². The summed E-state index contributed by atoms with van der Waals surface area (Å²) < 4.78 is 43.4. The Morgan fingerprint density at radius 3 is 2.51 bits per heavy atom. The average Bonchev–Trinajstić information content (AvgIpc) is 3.28. The molecule has 2 aromatic heterocycles. The van der Waals surface area contributed by atoms with Crippen LogP contribution in [0.4, 0.5) is 29.7 Å². The highest BCUT2D eigenvalue weighted by atomic mass is 19.4. The van der Waals surface area contributed by atoms with E-state index in [1.54, 1.807) is 29.9 Å². The summed E-state index contributed by atoms with van der Waals surface area (Å²) in [4.78, 5) is 49.6. The van der Waals surface area contributed by atoms with Gasteiger partial charge in [0.05, 0.1) is 5.92 Å². The van der Waals surface area contributed by atoms with Crippen molar-refractivity contribution in [3.63, 3.8) is 0 Å². The number of β-lactam (4-membered cyclic amide) rings is 1. The number of alkyl halides is 3. The fraction of sp³-hybridized carbons (Fsp3) is 0.542. The molecule has 3 N–H and O–H groups in total. The summed E-state index contributed by atoms with van der Waals surface area (Å²) in [5.74, 6) is -2.66. The number of halogens is 3. The predicted molar refractivity (Wildman–Crippen MR) is 128 cm³/mol. The number of aryl methyl sites for hydroxylation is 1. The van der Waals surface area contributed by atoms with Crippen molar-refractivity contribution in [2.24, 2.45) is 18.9 Å². The fourth-order valence-corrected chi connectivity index (χ4v) is 5.25. The number of carbonyl (C=O) groups excluding carboxylic acids is 3. The maximum atomic E-state index is 13.9. The number of hydrogen-bond acceptors (Lipinski definition) is 6. The minimum atomic E-state index is -4.69. The van der Waals surface area contributed by atoms with Gasteiger partial charge in [0.15, 0.2) is 0 Å². The van der Waals surface area contributed by atoms with Crippen LogP contribution in [0.25, 0.3) is 0 Å². The third-order valence-corrected chi connectivity index (χ3v) is 7.17. The van der Waals surface area contributed by atoms with Gasteiger partial charge < -0.3 is 15.6 Å². The lowest BCUT2D eigenvalue weighted by atomic mass is 9.81. The first kappa shape index (κ1) is 26.4. The summed E-state index contributed by atoms with van der Waals surface area (Å²) in [5.41, 5.74) is 6.34. The van der Waals surface area contributed by atoms with E-state index in [1.807, 2.05) is 5.32 Å². The van der Waals surface area contributed by atoms with Crippen molar-refractivity contribution in [2.45, 2.75) is 56.8 Å². The number of nitrogens with one attached hydrogen (secondary N) is 1. The monoisotopic (exact) mass is 521 g/mol. The summed E-state index contributed by atoms with van der Waals surface area (Å²) in [6.07, 6.45) is 2.70. The van der Waals surface area contributed by atoms with Crippen molar-refractivity contribution >= 4 is 29.6 Å². The maximum absolute atomic E-state index is 13.9. The van der Waals surface area contributed by atoms with Crippen molar-refractivity contribution in [2.75, 3.05) is 17.7 Å². The topological polar surface area (TPSA) is 126 Å². The molecule has 4 amide bonds. The molecule has 3 heterocycles. The van der Waals surface area contributed by atoms with Crippen LogP contribution in [0.5, 0.6) is 0 Å². The van der Waals surface area contributed by atoms with E-state index in [1.165, 1.54) is 24.3 Å². The number of imide groups is 1. The van der Waals surface area contributed by atoms with Crippen molar-refractivity contribution in [1.82, 2.24) is 24.8 Å². The molecule has 2 fully saturated rings. The van der Waals surface area contributed by atoms with Crippen molar-refractivity contribution < 1.29 is 27.6 Å². The quantitative estimate of drug-likeness (QED) is 0.563. The Bertz CT molecular complexity index is 1160. The second-order valence-electron chi connectivity index (χ2n) is 9.65. The predicted octanol–water partition coefficient (Wildman–Crippen LogP) is 2.65. The number of nitrogens with zero attached hydrogens (tertiary/aromatic N) is 5. The summed E-state index contributed by atoms with van der Waals surface area (Å²) >= 11 is 0. The average molecular weight is 522 g/mol. The molecule has 0 radical (unpaired) electrons. The zero-order chi connectivity index (χ0) is 26.9. The SMILES string of the molecule is CN(C(=O)[C@@H]1C(Cc2ccnc(N)c2)C(=O)N1C(=O)N[C@@H](C1CCCCC1)C(F)(F)F)c1nccn1C. The Hall–Kier alpha value is -3.64. The fourth-order valence-electron chi connectivity index (χ4n) is 5.25. The van der Waals surface area contributed by atoms with Crippen LogP contribution in [-0.2, 0) is 23.1 Å². The molecule has 1 aliphatic heterocycles. The van der Waals surface area contributed by atoms with Gasteiger partial charge in [-0.15, -0.1) is 0 Å². The van der Waals surface area contributed by atoms with E-state index in [0.29, 0.717) is 36.1 Å². The molecule has 10 nitrogen and oxygen atoms in total. The van der Waals surface area contributed by atoms with Gasteiger partial charge in [0.25, 0.3) is 5.91 Å². The minimum absolute atomic E-state index is 0.0610. The Morgan fingerprint density at radius 2 is 1.92 bits per heavy atom. The normalized spacial score (nSPS) is 21.3. The van der Waals surface area contributed by atoms with Crippen molar-refractivity contribution in [3.05, 3.63) is 36.3 Å². The third-order valence-electron chi connectivity index (χ3n) is 7.17. The van der Waals surface area contributed by atoms with E-state index in [-0.39, 0.29) is 18.2 Å². The molecule has 0 spiro atoms. The molecule has 1 aliphatic carbocycles. The molecule has 13 heteroatoms. The number of nitrogens with two attached hydrogens (primary N) is 1. The molecule has 37 heavy (non-hydrogen) atoms. The number of carbonyl (C=O) groups is 3. The smallest absolute Gasteiger partial charge is 0.384 e. The number of aromatic nitrogens is 3. The van der Waals surface area contributed by atoms with E-state index in [2.05, 4.69) is 9.97 Å². The summed E-state index contributed by atoms with van der Waals surface area (Å²) in [6, 6.07) is -1.48. The largest absolute Gasteiger partial charge is 0.408 e. The molecule has 1 saturated carbocycles. The molecule has 0 aromatic carbocycles. The Kier molecular flexibility index (Phi) is 7.42. The highest BCUT2D eigenvalue weighted by molar-refractivity contribution is 6.12. The van der Waals surface area contributed by atoms with Gasteiger partial charge in [-0.2, -0.15) is 13.2 Å². The molecule has 200 valence electrons. The number of pyridine rings is 1. The first-order valence-electron chi connectivity index (χ1n) is 12.1. The Morgan fingerprint density at radius 1 is 1.22 bits per heavy atom. The standard InChI is InChI=1S/C24H30F3N7O3/c1-32-11-10-30-22(32)33(2)21(36)18-16(12-14-8-9-29-17(28)13-14)20(35)34(18)23(37)31-19(24(25,26)27)15-6-4-3-5-7-15/h8-11,13,15-16,18-19H,3-7,12H2,1-2H3,(H2,28,29)(H,31,37)/t16?,18-,19-/m0/s1. The first-order chi connectivity index (χ1) is 17.5. The van der Waals surface area contributed by atoms with Crippen molar-refractivity contribution in [3.8, 4) is 0 Å². The molecule has 4 rings (SSSR count). The molecule has 2 aromatic rings. The number of imidazole rings is 1. The highest BCUT2D eigenvalue weighted by Gasteiger charge is 2.57. The number of nitrogen functional groups attached to an aromatic ring is 1. The molecule has 0 bridgehead atoms. The third kappa shape index (κ3) is 5.39. The van der Waals surface area contributed by atoms with Crippen LogP contribution in [0, 0.1) is 11.8 Å². The van der Waals surface area contributed by atoms with Gasteiger partial charge in [0.2, 0.25) is 11.9 Å². The van der Waals surface area contributed by atoms with Gasteiger partial charge >= 0.3 is 12.2 Å². The lowest BCUT2D eigenvalue weighted by molar-refractivity contribution is -0.170. The Balaban J connectivity index is 1.60. The zero-order valence-electron chi connectivity index (χ0n) is 20.6. The number of likely N-dealkylation sites (N-methyl/N-ethyl adjacent to an activating group) is 1. The van der Waals surface area contributed by atoms with Gasteiger partial charge in [-0.05, 0) is 42.9 Å². The van der Waals surface area contributed by atoms with E-state index < -0.39 is 47.9 Å². The number of anilines is 2. The molecular weight excluding hydrogens is 491 g/mol. The van der Waals surface area contributed by atoms with Crippen LogP contribution in [0.1, 0.15) is 37.7 Å². The van der Waals surface area contributed by atoms with Crippen LogP contribution in [-0.4, -0.2) is 62.6 Å². The van der Waals surface area contributed by atoms with E-state index in [0.717, 1.165) is 6.42 Å². The number of amides is 4. The van der Waals surface area contributed by atoms with Crippen molar-refractivity contribution in [1.29, 1.82) is 0 Å². The number of rotatable bonds is 6. The zero-order valence-corrected chi connectivity index (χ0v) is 20.6. The summed E-state index contributed by atoms with van der Waals surface area (Å²) in [6.45, 7) is 0. The molecular formula is C24H30F3N7O3. The van der Waals surface area contributed by atoms with Gasteiger partial charge in [-0.25, -0.2) is 14.8 Å². The molecule has 2 aliphatic rings. The number of urea groups is 1. The van der Waals surface area contributed by atoms with Crippen LogP contribution in [0.15, 0.2) is 30.7 Å². The highest BCUT2D eigenvalue weighted by Crippen LogP contribution is 2.37. The van der Waals surface area contributed by atoms with Gasteiger partial charge in [0, 0.05) is 32.7 Å². The summed E-state index contributed by atoms with van der Waals surface area (Å²) in [5, 5.41) is 2.04. The number of hydrogen-bond donors (Lipinski definition) is 2. The molecule has 3 atom stereocenters. The molecule has 1 saturated heterocycles. The lowest BCUT2D eigenvalue weighted by Crippen LogP contribution is -2.71. The minimum Gasteiger partial charge on any atom is -0.384 e. The van der Waals surface area contributed by atoms with Gasteiger partial charge in [-0.3, -0.25) is 19.4 Å². The van der Waals surface area contributed by atoms with Crippen LogP contribution in [0.3, 0.4) is 0 Å². The second-order valence-corrected chi connectivity index (χ2v) is 9.65. The maximum Gasteiger partial charge on any atom is 0.408 e. The van der Waals surface area contributed by atoms with Gasteiger partial charge in [0.1, 0.15) is 17.9 Å². The van der Waals surface area contributed by atoms with Crippen LogP contribution in [0.2, 0.25) is 0 Å². The second kappa shape index (κ2) is 10.4. The van der Waals surface area contributed by atoms with Crippen LogP contribution < -0.4 is 16.0 Å². The van der Waals surface area contributed by atoms with Gasteiger partial charge in [-0.1, -0.05) is 19.3 Å². The lowest BCUT2D eigenvalue weighted by Gasteiger charge is -2.46. The Labute approximate surface area is 212 Å². The first-order valence-corrected chi connectivity index (χ1v) is 12.1. The van der Waals surface area contributed by atoms with E-state index in [9.17, 15) is 27.6 Å². The van der Waals surface area contributed by atoms with Crippen LogP contribution >= 0.6 is 0 Å². The van der Waals surface area contributed by atoms with E-state index >= 15 is 0 Å².